The second kappa shape index (κ2) is 7.24. The largest absolute Gasteiger partial charge is 0.493 e. The van der Waals surface area contributed by atoms with Gasteiger partial charge in [-0.2, -0.15) is 0 Å². The van der Waals surface area contributed by atoms with Crippen molar-refractivity contribution in [1.82, 2.24) is 4.90 Å². The van der Waals surface area contributed by atoms with Crippen LogP contribution >= 0.6 is 11.6 Å². The van der Waals surface area contributed by atoms with Crippen molar-refractivity contribution in [3.8, 4) is 5.75 Å². The Balaban J connectivity index is 2.70. The Morgan fingerprint density at radius 3 is 2.78 bits per heavy atom. The Morgan fingerprint density at radius 1 is 1.44 bits per heavy atom. The molecule has 0 saturated heterocycles. The average Bonchev–Trinajstić information content (AvgIpc) is 2.34. The number of benzene rings is 1. The van der Waals surface area contributed by atoms with E-state index in [0.717, 1.165) is 18.5 Å². The molecule has 18 heavy (non-hydrogen) atoms. The van der Waals surface area contributed by atoms with Crippen LogP contribution in [0.4, 0.5) is 0 Å². The zero-order chi connectivity index (χ0) is 13.5. The number of nitrogens with zero attached hydrogens (tertiary/aromatic N) is 2. The van der Waals surface area contributed by atoms with Crippen molar-refractivity contribution in [1.29, 1.82) is 0 Å². The summed E-state index contributed by atoms with van der Waals surface area (Å²) in [5.41, 5.74) is 1.20. The topological polar surface area (TPSA) is 45.1 Å². The lowest BCUT2D eigenvalue weighted by atomic mass is 10.1. The summed E-state index contributed by atoms with van der Waals surface area (Å²) in [6.07, 6.45) is 0.935. The van der Waals surface area contributed by atoms with E-state index < -0.39 is 0 Å². The highest BCUT2D eigenvalue weighted by Gasteiger charge is 2.08. The minimum absolute atomic E-state index is 0.486. The number of hydrogen-bond donors (Lipinski definition) is 1. The lowest BCUT2D eigenvalue weighted by Gasteiger charge is -2.13. The van der Waals surface area contributed by atoms with Gasteiger partial charge in [0.15, 0.2) is 0 Å². The smallest absolute Gasteiger partial charge is 0.128 e. The average molecular weight is 271 g/mol. The van der Waals surface area contributed by atoms with Crippen molar-refractivity contribution >= 4 is 17.3 Å². The van der Waals surface area contributed by atoms with Gasteiger partial charge in [0.2, 0.25) is 0 Å². The third kappa shape index (κ3) is 4.55. The Labute approximate surface area is 113 Å². The monoisotopic (exact) mass is 270 g/mol. The van der Waals surface area contributed by atoms with Gasteiger partial charge in [0.25, 0.3) is 0 Å². The van der Waals surface area contributed by atoms with Crippen LogP contribution in [-0.4, -0.2) is 43.1 Å². The molecule has 1 rings (SSSR count). The number of halogens is 1. The third-order valence-corrected chi connectivity index (χ3v) is 2.72. The molecule has 100 valence electrons. The molecule has 0 radical (unpaired) electrons. The fraction of sp³-hybridized carbons (Fsp3) is 0.462. The van der Waals surface area contributed by atoms with Crippen LogP contribution in [0.1, 0.15) is 18.9 Å². The van der Waals surface area contributed by atoms with Crippen molar-refractivity contribution in [2.75, 3.05) is 27.2 Å². The molecule has 0 aliphatic heterocycles. The van der Waals surface area contributed by atoms with Crippen LogP contribution < -0.4 is 4.74 Å². The van der Waals surface area contributed by atoms with E-state index in [0.29, 0.717) is 23.1 Å². The minimum Gasteiger partial charge on any atom is -0.493 e. The van der Waals surface area contributed by atoms with Crippen molar-refractivity contribution in [2.24, 2.45) is 5.16 Å². The SMILES string of the molecule is C/C(=N\O)c1cc(Cl)ccc1OCCCN(C)C. The summed E-state index contributed by atoms with van der Waals surface area (Å²) in [6.45, 7) is 3.29. The molecule has 0 atom stereocenters. The summed E-state index contributed by atoms with van der Waals surface area (Å²) in [5, 5.41) is 12.6. The van der Waals surface area contributed by atoms with Gasteiger partial charge >= 0.3 is 0 Å². The molecule has 0 saturated carbocycles. The first-order chi connectivity index (χ1) is 8.54. The zero-order valence-corrected chi connectivity index (χ0v) is 11.7. The lowest BCUT2D eigenvalue weighted by molar-refractivity contribution is 0.280. The maximum Gasteiger partial charge on any atom is 0.128 e. The van der Waals surface area contributed by atoms with Crippen molar-refractivity contribution < 1.29 is 9.94 Å². The fourth-order valence-electron chi connectivity index (χ4n) is 1.53. The number of ether oxygens (including phenoxy) is 1. The van der Waals surface area contributed by atoms with E-state index in [2.05, 4.69) is 10.1 Å². The number of hydrogen-bond acceptors (Lipinski definition) is 4. The molecule has 0 aliphatic carbocycles. The first kappa shape index (κ1) is 14.8. The molecule has 1 N–H and O–H groups in total. The molecule has 1 aromatic rings. The molecule has 0 spiro atoms. The Hall–Kier alpha value is -1.26. The van der Waals surface area contributed by atoms with Crippen molar-refractivity contribution in [2.45, 2.75) is 13.3 Å². The van der Waals surface area contributed by atoms with Crippen molar-refractivity contribution in [3.05, 3.63) is 28.8 Å². The van der Waals surface area contributed by atoms with Crippen LogP contribution in [0.2, 0.25) is 5.02 Å². The summed E-state index contributed by atoms with van der Waals surface area (Å²) in [6, 6.07) is 5.29. The number of rotatable bonds is 6. The zero-order valence-electron chi connectivity index (χ0n) is 11.0. The van der Waals surface area contributed by atoms with Gasteiger partial charge in [0.1, 0.15) is 5.75 Å². The van der Waals surface area contributed by atoms with Gasteiger partial charge in [0, 0.05) is 17.1 Å². The maximum atomic E-state index is 8.83. The second-order valence-electron chi connectivity index (χ2n) is 4.33. The fourth-order valence-corrected chi connectivity index (χ4v) is 1.70. The van der Waals surface area contributed by atoms with Crippen LogP contribution in [0.5, 0.6) is 5.75 Å². The van der Waals surface area contributed by atoms with Gasteiger partial charge in [-0.1, -0.05) is 16.8 Å². The van der Waals surface area contributed by atoms with Crippen LogP contribution in [0.3, 0.4) is 0 Å². The molecule has 0 unspecified atom stereocenters. The summed E-state index contributed by atoms with van der Waals surface area (Å²) < 4.78 is 5.69. The second-order valence-corrected chi connectivity index (χ2v) is 4.77. The first-order valence-electron chi connectivity index (χ1n) is 5.80. The molecule has 0 bridgehead atoms. The van der Waals surface area contributed by atoms with Gasteiger partial charge < -0.3 is 14.8 Å². The molecule has 0 aromatic heterocycles. The van der Waals surface area contributed by atoms with Gasteiger partial charge in [-0.25, -0.2) is 0 Å². The highest BCUT2D eigenvalue weighted by Crippen LogP contribution is 2.23. The van der Waals surface area contributed by atoms with Gasteiger partial charge in [0.05, 0.1) is 12.3 Å². The van der Waals surface area contributed by atoms with Gasteiger partial charge in [-0.05, 0) is 45.6 Å². The number of oxime groups is 1. The van der Waals surface area contributed by atoms with E-state index in [1.807, 2.05) is 14.1 Å². The summed E-state index contributed by atoms with van der Waals surface area (Å²) in [7, 11) is 4.05. The molecule has 0 aliphatic rings. The first-order valence-corrected chi connectivity index (χ1v) is 6.18. The van der Waals surface area contributed by atoms with Crippen LogP contribution in [-0.2, 0) is 0 Å². The van der Waals surface area contributed by atoms with Crippen LogP contribution in [0.25, 0.3) is 0 Å². The molecule has 4 nitrogen and oxygen atoms in total. The predicted octanol–water partition coefficient (Wildman–Crippen LogP) is 2.87. The third-order valence-electron chi connectivity index (χ3n) is 2.49. The molecular weight excluding hydrogens is 252 g/mol. The maximum absolute atomic E-state index is 8.83. The Kier molecular flexibility index (Phi) is 5.95. The van der Waals surface area contributed by atoms with E-state index in [4.69, 9.17) is 21.5 Å². The van der Waals surface area contributed by atoms with E-state index in [9.17, 15) is 0 Å². The quantitative estimate of drug-likeness (QED) is 0.374. The molecule has 1 aromatic carbocycles. The van der Waals surface area contributed by atoms with E-state index in [1.165, 1.54) is 0 Å². The highest BCUT2D eigenvalue weighted by molar-refractivity contribution is 6.31. The molecule has 0 heterocycles. The summed E-state index contributed by atoms with van der Waals surface area (Å²) >= 11 is 5.92. The standard InChI is InChI=1S/C13H19ClN2O2/c1-10(15-17)12-9-11(14)5-6-13(12)18-8-4-7-16(2)3/h5-6,9,17H,4,7-8H2,1-3H3/b15-10+. The predicted molar refractivity (Wildman–Crippen MR) is 74.1 cm³/mol. The van der Waals surface area contributed by atoms with E-state index in [-0.39, 0.29) is 0 Å². The highest BCUT2D eigenvalue weighted by atomic mass is 35.5. The lowest BCUT2D eigenvalue weighted by Crippen LogP contribution is -2.16. The Bertz CT molecular complexity index is 419. The summed E-state index contributed by atoms with van der Waals surface area (Å²) in [5.74, 6) is 0.688. The van der Waals surface area contributed by atoms with Gasteiger partial charge in [-0.3, -0.25) is 0 Å². The van der Waals surface area contributed by atoms with E-state index >= 15 is 0 Å². The van der Waals surface area contributed by atoms with Crippen LogP contribution in [0.15, 0.2) is 23.4 Å². The minimum atomic E-state index is 0.486. The van der Waals surface area contributed by atoms with E-state index in [1.54, 1.807) is 25.1 Å². The Morgan fingerprint density at radius 2 is 2.17 bits per heavy atom. The molecule has 0 amide bonds. The molecule has 0 fully saturated rings. The van der Waals surface area contributed by atoms with Gasteiger partial charge in [-0.15, -0.1) is 0 Å². The molecule has 5 heteroatoms. The van der Waals surface area contributed by atoms with Crippen LogP contribution in [0, 0.1) is 0 Å². The van der Waals surface area contributed by atoms with Crippen molar-refractivity contribution in [3.63, 3.8) is 0 Å². The molecular formula is C13H19ClN2O2. The summed E-state index contributed by atoms with van der Waals surface area (Å²) in [4.78, 5) is 2.10. The normalized spacial score (nSPS) is 11.9.